The Hall–Kier alpha value is -2.45. The number of fused-ring (bicyclic) bond motifs is 1. The van der Waals surface area contributed by atoms with Crippen molar-refractivity contribution in [3.8, 4) is 0 Å². The molecule has 7 nitrogen and oxygen atoms in total. The minimum atomic E-state index is -1.48. The predicted octanol–water partition coefficient (Wildman–Crippen LogP) is -1.15. The van der Waals surface area contributed by atoms with Crippen LogP contribution in [0.2, 0.25) is 0 Å². The van der Waals surface area contributed by atoms with Crippen LogP contribution in [-0.2, 0) is 6.54 Å². The largest absolute Gasteiger partial charge is 0.488 e. The number of imidazole rings is 1. The highest BCUT2D eigenvalue weighted by Crippen LogP contribution is 2.07. The van der Waals surface area contributed by atoms with E-state index in [1.54, 1.807) is 35.2 Å². The fourth-order valence-corrected chi connectivity index (χ4v) is 2.03. The minimum Gasteiger partial charge on any atom is -0.423 e. The number of aromatic nitrogens is 4. The first kappa shape index (κ1) is 12.6. The van der Waals surface area contributed by atoms with Crippen LogP contribution in [0.15, 0.2) is 41.7 Å². The number of hydrogen-bond donors (Lipinski definition) is 3. The summed E-state index contributed by atoms with van der Waals surface area (Å²) in [6.45, 7) is 0.451. The molecule has 0 bridgehead atoms. The topological polar surface area (TPSA) is 104 Å². The maximum atomic E-state index is 11.8. The van der Waals surface area contributed by atoms with Gasteiger partial charge in [0.2, 0.25) is 0 Å². The average molecular weight is 270 g/mol. The molecule has 3 rings (SSSR count). The zero-order chi connectivity index (χ0) is 14.1. The Bertz CT molecular complexity index is 794. The van der Waals surface area contributed by atoms with Crippen molar-refractivity contribution < 1.29 is 10.0 Å². The summed E-state index contributed by atoms with van der Waals surface area (Å²) in [5.74, 6) is 0. The zero-order valence-corrected chi connectivity index (χ0v) is 10.4. The van der Waals surface area contributed by atoms with E-state index in [2.05, 4.69) is 15.0 Å². The van der Waals surface area contributed by atoms with Crippen molar-refractivity contribution in [2.45, 2.75) is 6.54 Å². The van der Waals surface area contributed by atoms with Gasteiger partial charge in [0, 0.05) is 6.54 Å². The fourth-order valence-electron chi connectivity index (χ4n) is 2.03. The summed E-state index contributed by atoms with van der Waals surface area (Å²) in [6.07, 6.45) is 2.88. The van der Waals surface area contributed by atoms with Crippen molar-refractivity contribution in [1.29, 1.82) is 0 Å². The van der Waals surface area contributed by atoms with E-state index >= 15 is 0 Å². The van der Waals surface area contributed by atoms with Crippen LogP contribution in [0.3, 0.4) is 0 Å². The lowest BCUT2D eigenvalue weighted by molar-refractivity contribution is 0.426. The first-order valence-corrected chi connectivity index (χ1v) is 5.98. The Kier molecular flexibility index (Phi) is 3.09. The second kappa shape index (κ2) is 4.91. The van der Waals surface area contributed by atoms with E-state index in [0.717, 1.165) is 5.56 Å². The van der Waals surface area contributed by atoms with E-state index in [4.69, 9.17) is 10.0 Å². The summed E-state index contributed by atoms with van der Waals surface area (Å²) in [7, 11) is -1.48. The highest BCUT2D eigenvalue weighted by atomic mass is 16.4. The van der Waals surface area contributed by atoms with Gasteiger partial charge in [0.1, 0.15) is 0 Å². The molecule has 0 aliphatic rings. The second-order valence-corrected chi connectivity index (χ2v) is 4.39. The van der Waals surface area contributed by atoms with Gasteiger partial charge in [0.05, 0.1) is 12.7 Å². The van der Waals surface area contributed by atoms with Gasteiger partial charge in [0.15, 0.2) is 11.2 Å². The van der Waals surface area contributed by atoms with Gasteiger partial charge in [-0.15, -0.1) is 0 Å². The molecule has 0 unspecified atom stereocenters. The van der Waals surface area contributed by atoms with Crippen LogP contribution in [0.5, 0.6) is 0 Å². The van der Waals surface area contributed by atoms with Crippen LogP contribution in [0, 0.1) is 0 Å². The van der Waals surface area contributed by atoms with Crippen LogP contribution in [0.1, 0.15) is 5.56 Å². The molecule has 2 aromatic heterocycles. The molecule has 3 aromatic rings. The highest BCUT2D eigenvalue weighted by molar-refractivity contribution is 6.58. The predicted molar refractivity (Wildman–Crippen MR) is 73.5 cm³/mol. The highest BCUT2D eigenvalue weighted by Gasteiger charge is 2.11. The quantitative estimate of drug-likeness (QED) is 0.521. The van der Waals surface area contributed by atoms with Gasteiger partial charge < -0.3 is 19.6 Å². The summed E-state index contributed by atoms with van der Waals surface area (Å²) in [4.78, 5) is 22.4. The van der Waals surface area contributed by atoms with Crippen molar-refractivity contribution in [2.75, 3.05) is 0 Å². The lowest BCUT2D eigenvalue weighted by atomic mass is 9.80. The van der Waals surface area contributed by atoms with Crippen LogP contribution in [-0.4, -0.2) is 36.7 Å². The molecule has 0 radical (unpaired) electrons. The lowest BCUT2D eigenvalue weighted by Gasteiger charge is -2.05. The van der Waals surface area contributed by atoms with Crippen LogP contribution >= 0.6 is 0 Å². The Balaban J connectivity index is 1.95. The van der Waals surface area contributed by atoms with Gasteiger partial charge in [0.25, 0.3) is 5.56 Å². The smallest absolute Gasteiger partial charge is 0.423 e. The molecule has 0 saturated heterocycles. The Labute approximate surface area is 113 Å². The molecule has 3 N–H and O–H groups in total. The van der Waals surface area contributed by atoms with Crippen molar-refractivity contribution in [3.63, 3.8) is 0 Å². The summed E-state index contributed by atoms with van der Waals surface area (Å²) < 4.78 is 1.70. The van der Waals surface area contributed by atoms with Gasteiger partial charge >= 0.3 is 7.12 Å². The van der Waals surface area contributed by atoms with E-state index < -0.39 is 7.12 Å². The van der Waals surface area contributed by atoms with Crippen LogP contribution < -0.4 is 11.0 Å². The third kappa shape index (κ3) is 2.22. The Morgan fingerprint density at radius 3 is 2.65 bits per heavy atom. The second-order valence-electron chi connectivity index (χ2n) is 4.39. The third-order valence-electron chi connectivity index (χ3n) is 3.05. The summed E-state index contributed by atoms with van der Waals surface area (Å²) in [6, 6.07) is 6.79. The molecule has 0 aliphatic carbocycles. The number of aromatic amines is 1. The van der Waals surface area contributed by atoms with E-state index in [-0.39, 0.29) is 5.56 Å². The van der Waals surface area contributed by atoms with Crippen molar-refractivity contribution in [1.82, 2.24) is 19.5 Å². The third-order valence-corrected chi connectivity index (χ3v) is 3.05. The van der Waals surface area contributed by atoms with Gasteiger partial charge in [-0.3, -0.25) is 4.79 Å². The first-order valence-electron chi connectivity index (χ1n) is 5.98. The van der Waals surface area contributed by atoms with E-state index in [9.17, 15) is 4.79 Å². The molecule has 0 amide bonds. The molecular formula is C12H11BN4O3. The van der Waals surface area contributed by atoms with E-state index in [1.807, 2.05) is 0 Å². The molecule has 0 spiro atoms. The SMILES string of the molecule is O=c1[nH]cnc2ncn(Cc3ccc(B(O)O)cc3)c12. The summed E-state index contributed by atoms with van der Waals surface area (Å²) >= 11 is 0. The monoisotopic (exact) mass is 270 g/mol. The summed E-state index contributed by atoms with van der Waals surface area (Å²) in [5.41, 5.74) is 1.91. The maximum absolute atomic E-state index is 11.8. The maximum Gasteiger partial charge on any atom is 0.488 e. The zero-order valence-electron chi connectivity index (χ0n) is 10.4. The molecule has 20 heavy (non-hydrogen) atoms. The first-order chi connectivity index (χ1) is 9.65. The van der Waals surface area contributed by atoms with Gasteiger partial charge in [-0.05, 0) is 11.0 Å². The number of hydrogen-bond acceptors (Lipinski definition) is 5. The molecule has 0 saturated carbocycles. The van der Waals surface area contributed by atoms with E-state index in [0.29, 0.717) is 23.2 Å². The Morgan fingerprint density at radius 2 is 1.95 bits per heavy atom. The molecule has 0 atom stereocenters. The fraction of sp³-hybridized carbons (Fsp3) is 0.0833. The van der Waals surface area contributed by atoms with Crippen LogP contribution in [0.25, 0.3) is 11.2 Å². The van der Waals surface area contributed by atoms with Gasteiger partial charge in [-0.1, -0.05) is 24.3 Å². The summed E-state index contributed by atoms with van der Waals surface area (Å²) in [5, 5.41) is 18.1. The molecule has 0 fully saturated rings. The molecule has 2 heterocycles. The lowest BCUT2D eigenvalue weighted by Crippen LogP contribution is -2.29. The van der Waals surface area contributed by atoms with Crippen LogP contribution in [0.4, 0.5) is 0 Å². The number of H-pyrrole nitrogens is 1. The standard InChI is InChI=1S/C12H11BN4O3/c18-12-10-11(14-6-15-12)16-7-17(10)5-8-1-3-9(4-2-8)13(19)20/h1-4,6-7,19-20H,5H2,(H,14,15,18). The van der Waals surface area contributed by atoms with Gasteiger partial charge in [-0.2, -0.15) is 0 Å². The number of benzene rings is 1. The minimum absolute atomic E-state index is 0.241. The van der Waals surface area contributed by atoms with E-state index in [1.165, 1.54) is 6.33 Å². The normalized spacial score (nSPS) is 10.9. The van der Waals surface area contributed by atoms with Crippen molar-refractivity contribution in [2.24, 2.45) is 0 Å². The average Bonchev–Trinajstić information content (AvgIpc) is 2.84. The number of nitrogens with zero attached hydrogens (tertiary/aromatic N) is 3. The number of rotatable bonds is 3. The van der Waals surface area contributed by atoms with Crippen molar-refractivity contribution in [3.05, 3.63) is 52.8 Å². The molecule has 100 valence electrons. The molecular weight excluding hydrogens is 259 g/mol. The molecule has 1 aromatic carbocycles. The number of nitrogens with one attached hydrogen (secondary N) is 1. The molecule has 0 aliphatic heterocycles. The van der Waals surface area contributed by atoms with Gasteiger partial charge in [-0.25, -0.2) is 9.97 Å². The van der Waals surface area contributed by atoms with Crippen molar-refractivity contribution >= 4 is 23.7 Å². The molecule has 8 heteroatoms. The Morgan fingerprint density at radius 1 is 1.20 bits per heavy atom.